The number of hydrogen-bond donors (Lipinski definition) is 1. The molecule has 0 unspecified atom stereocenters. The molecular formula is C16H21N3. The zero-order valence-corrected chi connectivity index (χ0v) is 12.1. The maximum atomic E-state index is 5.73. The second kappa shape index (κ2) is 5.41. The molecule has 0 saturated heterocycles. The first-order valence-corrected chi connectivity index (χ1v) is 6.50. The van der Waals surface area contributed by atoms with Crippen LogP contribution in [0.15, 0.2) is 30.3 Å². The average Bonchev–Trinajstić information content (AvgIpc) is 2.37. The molecule has 0 atom stereocenters. The van der Waals surface area contributed by atoms with E-state index in [0.717, 1.165) is 17.1 Å². The maximum absolute atomic E-state index is 5.73. The number of nitrogens with zero attached hydrogens (tertiary/aromatic N) is 2. The van der Waals surface area contributed by atoms with Crippen molar-refractivity contribution in [2.45, 2.75) is 27.3 Å². The molecule has 3 nitrogen and oxygen atoms in total. The van der Waals surface area contributed by atoms with Gasteiger partial charge in [0.25, 0.3) is 0 Å². The number of nitrogens with two attached hydrogens (primary N) is 1. The van der Waals surface area contributed by atoms with E-state index in [1.165, 1.54) is 16.8 Å². The standard InChI is InChI=1S/C16H21N3/c1-11-5-6-15(12(2)7-11)19(4)16-9-14(10-17)8-13(3)18-16/h5-9H,10,17H2,1-4H3. The van der Waals surface area contributed by atoms with Crippen molar-refractivity contribution in [3.8, 4) is 0 Å². The van der Waals surface area contributed by atoms with Crippen molar-refractivity contribution in [1.29, 1.82) is 0 Å². The molecule has 0 fully saturated rings. The highest BCUT2D eigenvalue weighted by Gasteiger charge is 2.09. The third kappa shape index (κ3) is 2.93. The summed E-state index contributed by atoms with van der Waals surface area (Å²) in [6, 6.07) is 10.5. The minimum absolute atomic E-state index is 0.539. The number of anilines is 2. The summed E-state index contributed by atoms with van der Waals surface area (Å²) < 4.78 is 0. The lowest BCUT2D eigenvalue weighted by Crippen LogP contribution is -2.14. The van der Waals surface area contributed by atoms with Crippen LogP contribution >= 0.6 is 0 Å². The smallest absolute Gasteiger partial charge is 0.133 e. The van der Waals surface area contributed by atoms with Crippen LogP contribution in [-0.4, -0.2) is 12.0 Å². The van der Waals surface area contributed by atoms with Crippen molar-refractivity contribution >= 4 is 11.5 Å². The van der Waals surface area contributed by atoms with E-state index in [2.05, 4.69) is 41.9 Å². The molecule has 0 aliphatic rings. The van der Waals surface area contributed by atoms with Gasteiger partial charge in [0.05, 0.1) is 0 Å². The van der Waals surface area contributed by atoms with Crippen LogP contribution in [0.2, 0.25) is 0 Å². The Bertz CT molecular complexity index is 591. The highest BCUT2D eigenvalue weighted by Crippen LogP contribution is 2.26. The molecule has 0 amide bonds. The van der Waals surface area contributed by atoms with E-state index in [1.54, 1.807) is 0 Å². The van der Waals surface area contributed by atoms with Gasteiger partial charge in [0, 0.05) is 25.0 Å². The van der Waals surface area contributed by atoms with Crippen LogP contribution < -0.4 is 10.6 Å². The SMILES string of the molecule is Cc1ccc(N(C)c2cc(CN)cc(C)n2)c(C)c1. The monoisotopic (exact) mass is 255 g/mol. The number of benzene rings is 1. The zero-order valence-electron chi connectivity index (χ0n) is 12.1. The van der Waals surface area contributed by atoms with E-state index in [1.807, 2.05) is 26.1 Å². The molecule has 0 spiro atoms. The minimum atomic E-state index is 0.539. The van der Waals surface area contributed by atoms with Gasteiger partial charge in [-0.05, 0) is 50.1 Å². The molecule has 2 aromatic rings. The maximum Gasteiger partial charge on any atom is 0.133 e. The fraction of sp³-hybridized carbons (Fsp3) is 0.312. The summed E-state index contributed by atoms with van der Waals surface area (Å²) >= 11 is 0. The van der Waals surface area contributed by atoms with Gasteiger partial charge in [0.15, 0.2) is 0 Å². The van der Waals surface area contributed by atoms with E-state index in [9.17, 15) is 0 Å². The van der Waals surface area contributed by atoms with Crippen LogP contribution in [0.1, 0.15) is 22.4 Å². The molecule has 2 rings (SSSR count). The van der Waals surface area contributed by atoms with Crippen molar-refractivity contribution in [2.75, 3.05) is 11.9 Å². The van der Waals surface area contributed by atoms with Gasteiger partial charge >= 0.3 is 0 Å². The zero-order chi connectivity index (χ0) is 14.0. The van der Waals surface area contributed by atoms with E-state index >= 15 is 0 Å². The number of rotatable bonds is 3. The van der Waals surface area contributed by atoms with Crippen molar-refractivity contribution < 1.29 is 0 Å². The van der Waals surface area contributed by atoms with Crippen LogP contribution in [0.25, 0.3) is 0 Å². The Morgan fingerprint density at radius 1 is 1.11 bits per heavy atom. The number of aromatic nitrogens is 1. The Morgan fingerprint density at radius 3 is 2.47 bits per heavy atom. The lowest BCUT2D eigenvalue weighted by atomic mass is 10.1. The summed E-state index contributed by atoms with van der Waals surface area (Å²) in [6.45, 7) is 6.77. The lowest BCUT2D eigenvalue weighted by Gasteiger charge is -2.22. The summed E-state index contributed by atoms with van der Waals surface area (Å²) in [7, 11) is 2.04. The third-order valence-corrected chi connectivity index (χ3v) is 3.29. The first-order chi connectivity index (χ1) is 9.01. The van der Waals surface area contributed by atoms with E-state index < -0.39 is 0 Å². The van der Waals surface area contributed by atoms with Gasteiger partial charge in [-0.3, -0.25) is 0 Å². The molecule has 3 heteroatoms. The Morgan fingerprint density at radius 2 is 1.84 bits per heavy atom. The van der Waals surface area contributed by atoms with Crippen molar-refractivity contribution in [1.82, 2.24) is 4.98 Å². The van der Waals surface area contributed by atoms with Gasteiger partial charge in [-0.2, -0.15) is 0 Å². The fourth-order valence-electron chi connectivity index (χ4n) is 2.32. The van der Waals surface area contributed by atoms with Crippen LogP contribution in [-0.2, 0) is 6.54 Å². The van der Waals surface area contributed by atoms with Crippen LogP contribution in [0.3, 0.4) is 0 Å². The molecule has 0 aliphatic heterocycles. The summed E-state index contributed by atoms with van der Waals surface area (Å²) in [6.07, 6.45) is 0. The van der Waals surface area contributed by atoms with Crippen LogP contribution in [0.4, 0.5) is 11.5 Å². The highest BCUT2D eigenvalue weighted by atomic mass is 15.2. The third-order valence-electron chi connectivity index (χ3n) is 3.29. The Labute approximate surface area is 115 Å². The van der Waals surface area contributed by atoms with Gasteiger partial charge in [0.2, 0.25) is 0 Å². The number of hydrogen-bond acceptors (Lipinski definition) is 3. The second-order valence-electron chi connectivity index (χ2n) is 5.03. The van der Waals surface area contributed by atoms with Gasteiger partial charge in [-0.25, -0.2) is 4.98 Å². The molecule has 0 aliphatic carbocycles. The fourth-order valence-corrected chi connectivity index (χ4v) is 2.32. The number of aryl methyl sites for hydroxylation is 3. The normalized spacial score (nSPS) is 10.6. The van der Waals surface area contributed by atoms with Crippen molar-refractivity contribution in [3.63, 3.8) is 0 Å². The molecule has 1 aromatic carbocycles. The van der Waals surface area contributed by atoms with E-state index in [4.69, 9.17) is 5.73 Å². The molecule has 0 bridgehead atoms. The first kappa shape index (κ1) is 13.6. The predicted molar refractivity (Wildman–Crippen MR) is 80.8 cm³/mol. The average molecular weight is 255 g/mol. The Hall–Kier alpha value is -1.87. The highest BCUT2D eigenvalue weighted by molar-refractivity contribution is 5.64. The topological polar surface area (TPSA) is 42.1 Å². The molecule has 1 heterocycles. The quantitative estimate of drug-likeness (QED) is 0.915. The van der Waals surface area contributed by atoms with Gasteiger partial charge in [-0.15, -0.1) is 0 Å². The summed E-state index contributed by atoms with van der Waals surface area (Å²) in [5, 5.41) is 0. The Balaban J connectivity index is 2.43. The van der Waals surface area contributed by atoms with E-state index in [0.29, 0.717) is 6.54 Å². The first-order valence-electron chi connectivity index (χ1n) is 6.50. The van der Waals surface area contributed by atoms with E-state index in [-0.39, 0.29) is 0 Å². The largest absolute Gasteiger partial charge is 0.329 e. The second-order valence-corrected chi connectivity index (χ2v) is 5.03. The molecule has 0 radical (unpaired) electrons. The van der Waals surface area contributed by atoms with Crippen molar-refractivity contribution in [2.24, 2.45) is 5.73 Å². The van der Waals surface area contributed by atoms with Crippen LogP contribution in [0.5, 0.6) is 0 Å². The van der Waals surface area contributed by atoms with Crippen molar-refractivity contribution in [3.05, 3.63) is 52.7 Å². The Kier molecular flexibility index (Phi) is 3.86. The summed E-state index contributed by atoms with van der Waals surface area (Å²) in [4.78, 5) is 6.70. The predicted octanol–water partition coefficient (Wildman–Crippen LogP) is 3.23. The molecule has 100 valence electrons. The number of pyridine rings is 1. The van der Waals surface area contributed by atoms with Gasteiger partial charge in [0.1, 0.15) is 5.82 Å². The minimum Gasteiger partial charge on any atom is -0.329 e. The molecule has 19 heavy (non-hydrogen) atoms. The molecule has 2 N–H and O–H groups in total. The van der Waals surface area contributed by atoms with Crippen LogP contribution in [0, 0.1) is 20.8 Å². The summed E-state index contributed by atoms with van der Waals surface area (Å²) in [5.74, 6) is 0.937. The molecule has 0 saturated carbocycles. The summed E-state index contributed by atoms with van der Waals surface area (Å²) in [5.41, 5.74) is 11.5. The van der Waals surface area contributed by atoms with Gasteiger partial charge < -0.3 is 10.6 Å². The lowest BCUT2D eigenvalue weighted by molar-refractivity contribution is 1.02. The molecular weight excluding hydrogens is 234 g/mol. The van der Waals surface area contributed by atoms with Gasteiger partial charge in [-0.1, -0.05) is 17.7 Å². The molecule has 1 aromatic heterocycles.